The lowest BCUT2D eigenvalue weighted by Gasteiger charge is -2.08. The predicted molar refractivity (Wildman–Crippen MR) is 70.3 cm³/mol. The highest BCUT2D eigenvalue weighted by atomic mass is 32.2. The molecule has 0 aliphatic rings. The Morgan fingerprint density at radius 1 is 1.24 bits per heavy atom. The summed E-state index contributed by atoms with van der Waals surface area (Å²) in [6.07, 6.45) is 0. The highest BCUT2D eigenvalue weighted by Gasteiger charge is 2.26. The van der Waals surface area contributed by atoms with Gasteiger partial charge in [0.05, 0.1) is 18.0 Å². The van der Waals surface area contributed by atoms with Crippen LogP contribution >= 0.6 is 0 Å². The first-order chi connectivity index (χ1) is 9.77. The number of anilines is 1. The van der Waals surface area contributed by atoms with Crippen LogP contribution < -0.4 is 16.4 Å². The van der Waals surface area contributed by atoms with Gasteiger partial charge in [0, 0.05) is 5.69 Å². The van der Waals surface area contributed by atoms with Crippen LogP contribution in [-0.4, -0.2) is 39.1 Å². The number of rotatable bonds is 6. The van der Waals surface area contributed by atoms with Crippen LogP contribution in [-0.2, 0) is 19.4 Å². The van der Waals surface area contributed by atoms with Crippen LogP contribution in [0, 0.1) is 0 Å². The van der Waals surface area contributed by atoms with Crippen LogP contribution in [0.1, 0.15) is 0 Å². The minimum atomic E-state index is -4.74. The predicted octanol–water partition coefficient (Wildman–Crippen LogP) is -0.304. The van der Waals surface area contributed by atoms with Gasteiger partial charge in [0.1, 0.15) is 0 Å². The molecule has 7 nitrogen and oxygen atoms in total. The molecule has 0 saturated carbocycles. The maximum absolute atomic E-state index is 12.4. The summed E-state index contributed by atoms with van der Waals surface area (Å²) in [5, 5.41) is 4.47. The van der Waals surface area contributed by atoms with Gasteiger partial charge in [0.25, 0.3) is 0 Å². The van der Waals surface area contributed by atoms with E-state index in [9.17, 15) is 26.8 Å². The number of carbonyl (C=O) groups is 2. The van der Waals surface area contributed by atoms with E-state index >= 15 is 0 Å². The maximum Gasteiger partial charge on any atom is 0.341 e. The summed E-state index contributed by atoms with van der Waals surface area (Å²) < 4.78 is 47.4. The van der Waals surface area contributed by atoms with Crippen LogP contribution in [0.4, 0.5) is 14.5 Å². The van der Waals surface area contributed by atoms with Crippen molar-refractivity contribution in [1.82, 2.24) is 5.32 Å². The molecule has 0 heterocycles. The fourth-order valence-corrected chi connectivity index (χ4v) is 2.08. The number of carbonyl (C=O) groups excluding carboxylic acids is 2. The number of halogens is 2. The molecule has 0 aromatic heterocycles. The average molecular weight is 321 g/mol. The third kappa shape index (κ3) is 4.76. The highest BCUT2D eigenvalue weighted by molar-refractivity contribution is 7.91. The summed E-state index contributed by atoms with van der Waals surface area (Å²) in [6, 6.07) is 4.44. The first-order valence-corrected chi connectivity index (χ1v) is 7.20. The zero-order valence-corrected chi connectivity index (χ0v) is 11.5. The van der Waals surface area contributed by atoms with E-state index in [4.69, 9.17) is 5.73 Å². The fourth-order valence-electron chi connectivity index (χ4n) is 1.31. The van der Waals surface area contributed by atoms with Gasteiger partial charge in [0.15, 0.2) is 0 Å². The van der Waals surface area contributed by atoms with Gasteiger partial charge in [-0.05, 0) is 18.2 Å². The Morgan fingerprint density at radius 3 is 2.48 bits per heavy atom. The number of amides is 2. The van der Waals surface area contributed by atoms with E-state index in [0.717, 1.165) is 12.1 Å². The lowest BCUT2D eigenvalue weighted by atomic mass is 10.3. The van der Waals surface area contributed by atoms with E-state index in [2.05, 4.69) is 10.6 Å². The quantitative estimate of drug-likeness (QED) is 0.664. The molecule has 0 bridgehead atoms. The number of nitrogens with two attached hydrogens (primary N) is 1. The molecule has 0 atom stereocenters. The molecule has 0 radical (unpaired) electrons. The Labute approximate surface area is 119 Å². The minimum Gasteiger partial charge on any atom is -0.346 e. The zero-order chi connectivity index (χ0) is 16.0. The van der Waals surface area contributed by atoms with Crippen LogP contribution in [0.15, 0.2) is 29.2 Å². The molecule has 4 N–H and O–H groups in total. The number of alkyl halides is 2. The van der Waals surface area contributed by atoms with Crippen molar-refractivity contribution in [1.29, 1.82) is 0 Å². The smallest absolute Gasteiger partial charge is 0.341 e. The van der Waals surface area contributed by atoms with Gasteiger partial charge in [0.2, 0.25) is 21.7 Å². The number of hydrogen-bond donors (Lipinski definition) is 3. The number of benzene rings is 1. The topological polar surface area (TPSA) is 118 Å². The number of nitrogens with one attached hydrogen (secondary N) is 2. The Bertz CT molecular complexity index is 634. The van der Waals surface area contributed by atoms with E-state index < -0.39 is 32.3 Å². The molecular weight excluding hydrogens is 308 g/mol. The van der Waals surface area contributed by atoms with Gasteiger partial charge in [-0.25, -0.2) is 8.42 Å². The van der Waals surface area contributed by atoms with E-state index in [1.807, 2.05) is 0 Å². The normalized spacial score (nSPS) is 11.2. The van der Waals surface area contributed by atoms with Crippen molar-refractivity contribution >= 4 is 27.3 Å². The SMILES string of the molecule is NCC(=O)NCC(=O)Nc1cccc(S(=O)(=O)C(F)F)c1. The Kier molecular flexibility index (Phi) is 5.73. The minimum absolute atomic E-state index is 0.0173. The summed E-state index contributed by atoms with van der Waals surface area (Å²) in [5.41, 5.74) is 5.04. The second-order valence-corrected chi connectivity index (χ2v) is 5.78. The molecule has 0 aliphatic carbocycles. The first-order valence-electron chi connectivity index (χ1n) is 5.66. The molecule has 0 aliphatic heterocycles. The van der Waals surface area contributed by atoms with Crippen molar-refractivity contribution in [2.75, 3.05) is 18.4 Å². The number of sulfone groups is 1. The Morgan fingerprint density at radius 2 is 1.90 bits per heavy atom. The van der Waals surface area contributed by atoms with Crippen molar-refractivity contribution < 1.29 is 26.8 Å². The lowest BCUT2D eigenvalue weighted by molar-refractivity contribution is -0.123. The molecule has 1 aromatic carbocycles. The molecule has 0 spiro atoms. The van der Waals surface area contributed by atoms with Gasteiger partial charge in [-0.1, -0.05) is 6.07 Å². The molecular formula is C11H13F2N3O4S. The van der Waals surface area contributed by atoms with Gasteiger partial charge < -0.3 is 16.4 Å². The summed E-state index contributed by atoms with van der Waals surface area (Å²) in [7, 11) is -4.74. The number of hydrogen-bond acceptors (Lipinski definition) is 5. The van der Waals surface area contributed by atoms with Gasteiger partial charge >= 0.3 is 5.76 Å². The highest BCUT2D eigenvalue weighted by Crippen LogP contribution is 2.21. The first kappa shape index (κ1) is 17.0. The zero-order valence-electron chi connectivity index (χ0n) is 10.7. The summed E-state index contributed by atoms with van der Waals surface area (Å²) in [4.78, 5) is 21.7. The molecule has 0 fully saturated rings. The maximum atomic E-state index is 12.4. The van der Waals surface area contributed by atoms with Crippen molar-refractivity contribution in [3.05, 3.63) is 24.3 Å². The van der Waals surface area contributed by atoms with Crippen molar-refractivity contribution in [2.24, 2.45) is 5.73 Å². The van der Waals surface area contributed by atoms with E-state index in [1.54, 1.807) is 0 Å². The van der Waals surface area contributed by atoms with Crippen LogP contribution in [0.25, 0.3) is 0 Å². The Hall–Kier alpha value is -2.07. The molecule has 0 unspecified atom stereocenters. The second-order valence-electron chi connectivity index (χ2n) is 3.86. The van der Waals surface area contributed by atoms with E-state index in [0.29, 0.717) is 0 Å². The lowest BCUT2D eigenvalue weighted by Crippen LogP contribution is -2.36. The summed E-state index contributed by atoms with van der Waals surface area (Å²) in [5.74, 6) is -4.74. The molecule has 10 heteroatoms. The van der Waals surface area contributed by atoms with Crippen LogP contribution in [0.3, 0.4) is 0 Å². The van der Waals surface area contributed by atoms with Crippen molar-refractivity contribution in [3.63, 3.8) is 0 Å². The van der Waals surface area contributed by atoms with E-state index in [-0.39, 0.29) is 18.8 Å². The molecule has 116 valence electrons. The third-order valence-corrected chi connectivity index (χ3v) is 3.69. The van der Waals surface area contributed by atoms with E-state index in [1.165, 1.54) is 12.1 Å². The van der Waals surface area contributed by atoms with Crippen molar-refractivity contribution in [2.45, 2.75) is 10.7 Å². The average Bonchev–Trinajstić information content (AvgIpc) is 2.44. The molecule has 1 rings (SSSR count). The van der Waals surface area contributed by atoms with Gasteiger partial charge in [-0.2, -0.15) is 8.78 Å². The van der Waals surface area contributed by atoms with Crippen LogP contribution in [0.2, 0.25) is 0 Å². The Balaban J connectivity index is 2.78. The second kappa shape index (κ2) is 7.09. The standard InChI is InChI=1S/C11H13F2N3O4S/c12-11(13)21(19,20)8-3-1-2-7(4-8)16-10(18)6-15-9(17)5-14/h1-4,11H,5-6,14H2,(H,15,17)(H,16,18). The fraction of sp³-hybridized carbons (Fsp3) is 0.273. The van der Waals surface area contributed by atoms with Gasteiger partial charge in [-0.15, -0.1) is 0 Å². The van der Waals surface area contributed by atoms with Crippen LogP contribution in [0.5, 0.6) is 0 Å². The third-order valence-electron chi connectivity index (χ3n) is 2.31. The van der Waals surface area contributed by atoms with Crippen molar-refractivity contribution in [3.8, 4) is 0 Å². The summed E-state index contributed by atoms with van der Waals surface area (Å²) in [6.45, 7) is -0.656. The molecule has 0 saturated heterocycles. The molecule has 2 amide bonds. The molecule has 1 aromatic rings. The largest absolute Gasteiger partial charge is 0.346 e. The molecule has 21 heavy (non-hydrogen) atoms. The van der Waals surface area contributed by atoms with Gasteiger partial charge in [-0.3, -0.25) is 9.59 Å². The monoisotopic (exact) mass is 321 g/mol. The summed E-state index contributed by atoms with van der Waals surface area (Å²) >= 11 is 0.